The van der Waals surface area contributed by atoms with Gasteiger partial charge in [-0.1, -0.05) is 0 Å². The van der Waals surface area contributed by atoms with Gasteiger partial charge in [0.25, 0.3) is 0 Å². The molecule has 1 rings (SSSR count). The van der Waals surface area contributed by atoms with Gasteiger partial charge >= 0.3 is 0 Å². The van der Waals surface area contributed by atoms with E-state index < -0.39 is 8.32 Å². The molecule has 5 heteroatoms. The molecular formula is C14H30O3SSi. The molecule has 1 aliphatic rings. The second kappa shape index (κ2) is 10.2. The van der Waals surface area contributed by atoms with Crippen molar-refractivity contribution in [1.29, 1.82) is 0 Å². The molecule has 19 heavy (non-hydrogen) atoms. The zero-order chi connectivity index (χ0) is 14.0. The van der Waals surface area contributed by atoms with E-state index in [-0.39, 0.29) is 6.29 Å². The summed E-state index contributed by atoms with van der Waals surface area (Å²) in [6.45, 7) is 9.27. The molecule has 0 amide bonds. The van der Waals surface area contributed by atoms with Crippen molar-refractivity contribution >= 4 is 20.1 Å². The van der Waals surface area contributed by atoms with Gasteiger partial charge in [0.1, 0.15) is 0 Å². The van der Waals surface area contributed by atoms with Crippen molar-refractivity contribution in [2.45, 2.75) is 58.0 Å². The van der Waals surface area contributed by atoms with Crippen molar-refractivity contribution in [3.05, 3.63) is 0 Å². The smallest absolute Gasteiger partial charge is 0.186 e. The van der Waals surface area contributed by atoms with E-state index >= 15 is 0 Å². The Morgan fingerprint density at radius 2 is 2.11 bits per heavy atom. The van der Waals surface area contributed by atoms with E-state index in [4.69, 9.17) is 13.9 Å². The summed E-state index contributed by atoms with van der Waals surface area (Å²) in [5, 5.41) is 0. The maximum Gasteiger partial charge on any atom is 0.186 e. The molecule has 0 spiro atoms. The Bertz CT molecular complexity index is 221. The molecule has 1 heterocycles. The highest BCUT2D eigenvalue weighted by Crippen LogP contribution is 2.17. The summed E-state index contributed by atoms with van der Waals surface area (Å²) in [7, 11) is -1.36. The first kappa shape index (κ1) is 17.5. The second-order valence-electron chi connectivity index (χ2n) is 5.58. The predicted molar refractivity (Wildman–Crippen MR) is 85.4 cm³/mol. The first-order chi connectivity index (χ1) is 9.14. The first-order valence-corrected chi connectivity index (χ1v) is 11.9. The molecule has 1 fully saturated rings. The fourth-order valence-electron chi connectivity index (χ4n) is 2.25. The number of ether oxygens (including phenoxy) is 2. The van der Waals surface area contributed by atoms with Crippen molar-refractivity contribution in [3.63, 3.8) is 0 Å². The van der Waals surface area contributed by atoms with Gasteiger partial charge in [0.2, 0.25) is 0 Å². The monoisotopic (exact) mass is 306 g/mol. The standard InChI is InChI=1S/C14H30O3SSi/c1-4-17-19(2,3)13-7-11-18-12-10-16-14-8-5-6-9-15-14/h14H,4-13H2,1-3H3. The highest BCUT2D eigenvalue weighted by atomic mass is 32.2. The average Bonchev–Trinajstić information content (AvgIpc) is 2.38. The minimum absolute atomic E-state index is 0.0682. The lowest BCUT2D eigenvalue weighted by Crippen LogP contribution is -2.30. The van der Waals surface area contributed by atoms with E-state index in [0.29, 0.717) is 0 Å². The molecule has 3 nitrogen and oxygen atoms in total. The molecule has 0 radical (unpaired) electrons. The van der Waals surface area contributed by atoms with E-state index in [1.807, 2.05) is 11.8 Å². The molecule has 1 aliphatic heterocycles. The van der Waals surface area contributed by atoms with Crippen LogP contribution in [-0.4, -0.2) is 45.9 Å². The van der Waals surface area contributed by atoms with Gasteiger partial charge in [-0.3, -0.25) is 0 Å². The molecular weight excluding hydrogens is 276 g/mol. The number of hydrogen-bond acceptors (Lipinski definition) is 4. The van der Waals surface area contributed by atoms with Gasteiger partial charge in [-0.25, -0.2) is 0 Å². The van der Waals surface area contributed by atoms with Gasteiger partial charge in [-0.2, -0.15) is 11.8 Å². The minimum atomic E-state index is -1.36. The third-order valence-electron chi connectivity index (χ3n) is 3.27. The molecule has 1 unspecified atom stereocenters. The normalized spacial score (nSPS) is 20.7. The van der Waals surface area contributed by atoms with Gasteiger partial charge in [-0.15, -0.1) is 0 Å². The third-order valence-corrected chi connectivity index (χ3v) is 6.93. The van der Waals surface area contributed by atoms with Crippen molar-refractivity contribution in [1.82, 2.24) is 0 Å². The number of thioether (sulfide) groups is 1. The zero-order valence-corrected chi connectivity index (χ0v) is 14.6. The van der Waals surface area contributed by atoms with Crippen LogP contribution in [0.4, 0.5) is 0 Å². The topological polar surface area (TPSA) is 27.7 Å². The molecule has 1 atom stereocenters. The maximum atomic E-state index is 5.82. The van der Waals surface area contributed by atoms with Crippen LogP contribution in [0.15, 0.2) is 0 Å². The van der Waals surface area contributed by atoms with Crippen molar-refractivity contribution < 1.29 is 13.9 Å². The van der Waals surface area contributed by atoms with Crippen LogP contribution in [0, 0.1) is 0 Å². The van der Waals surface area contributed by atoms with Crippen LogP contribution in [0.5, 0.6) is 0 Å². The molecule has 0 aliphatic carbocycles. The largest absolute Gasteiger partial charge is 0.418 e. The fraction of sp³-hybridized carbons (Fsp3) is 1.00. The van der Waals surface area contributed by atoms with Crippen LogP contribution in [-0.2, 0) is 13.9 Å². The van der Waals surface area contributed by atoms with E-state index in [1.165, 1.54) is 31.1 Å². The summed E-state index contributed by atoms with van der Waals surface area (Å²) in [5.74, 6) is 2.30. The van der Waals surface area contributed by atoms with Crippen molar-refractivity contribution in [2.24, 2.45) is 0 Å². The Morgan fingerprint density at radius 3 is 2.79 bits per heavy atom. The van der Waals surface area contributed by atoms with Crippen LogP contribution >= 0.6 is 11.8 Å². The lowest BCUT2D eigenvalue weighted by Gasteiger charge is -2.23. The van der Waals surface area contributed by atoms with Crippen LogP contribution in [0.25, 0.3) is 0 Å². The van der Waals surface area contributed by atoms with Crippen LogP contribution < -0.4 is 0 Å². The lowest BCUT2D eigenvalue weighted by atomic mass is 10.2. The summed E-state index contributed by atoms with van der Waals surface area (Å²) >= 11 is 1.99. The van der Waals surface area contributed by atoms with Gasteiger partial charge < -0.3 is 13.9 Å². The summed E-state index contributed by atoms with van der Waals surface area (Å²) in [6.07, 6.45) is 4.84. The predicted octanol–water partition coefficient (Wildman–Crippen LogP) is 3.89. The van der Waals surface area contributed by atoms with E-state index in [2.05, 4.69) is 20.0 Å². The fourth-order valence-corrected chi connectivity index (χ4v) is 5.22. The number of hydrogen-bond donors (Lipinski definition) is 0. The summed E-state index contributed by atoms with van der Waals surface area (Å²) in [5.41, 5.74) is 0. The molecule has 114 valence electrons. The molecule has 0 aromatic carbocycles. The molecule has 0 bridgehead atoms. The lowest BCUT2D eigenvalue weighted by molar-refractivity contribution is -0.158. The van der Waals surface area contributed by atoms with E-state index in [0.717, 1.165) is 32.0 Å². The SMILES string of the molecule is CCO[Si](C)(C)CCCSCCOC1CCCCO1. The first-order valence-electron chi connectivity index (χ1n) is 7.59. The van der Waals surface area contributed by atoms with Gasteiger partial charge in [0.05, 0.1) is 6.61 Å². The molecule has 0 aromatic heterocycles. The highest BCUT2D eigenvalue weighted by molar-refractivity contribution is 7.99. The molecule has 1 saturated heterocycles. The van der Waals surface area contributed by atoms with Gasteiger partial charge in [-0.05, 0) is 57.5 Å². The molecule has 0 saturated carbocycles. The Balaban J connectivity index is 1.88. The Labute approximate surface area is 123 Å². The Kier molecular flexibility index (Phi) is 9.41. The second-order valence-corrected chi connectivity index (χ2v) is 11.1. The van der Waals surface area contributed by atoms with Crippen LogP contribution in [0.1, 0.15) is 32.6 Å². The quantitative estimate of drug-likeness (QED) is 0.452. The Hall–Kier alpha value is 0.447. The van der Waals surface area contributed by atoms with Gasteiger partial charge in [0.15, 0.2) is 14.6 Å². The Morgan fingerprint density at radius 1 is 1.26 bits per heavy atom. The van der Waals surface area contributed by atoms with E-state index in [9.17, 15) is 0 Å². The highest BCUT2D eigenvalue weighted by Gasteiger charge is 2.20. The zero-order valence-electron chi connectivity index (χ0n) is 12.8. The molecule has 0 N–H and O–H groups in total. The molecule has 0 aromatic rings. The number of rotatable bonds is 10. The summed E-state index contributed by atoms with van der Waals surface area (Å²) in [4.78, 5) is 0. The van der Waals surface area contributed by atoms with E-state index in [1.54, 1.807) is 0 Å². The van der Waals surface area contributed by atoms with Crippen LogP contribution in [0.3, 0.4) is 0 Å². The maximum absolute atomic E-state index is 5.82. The van der Waals surface area contributed by atoms with Crippen molar-refractivity contribution in [3.8, 4) is 0 Å². The average molecular weight is 307 g/mol. The third kappa shape index (κ3) is 9.08. The minimum Gasteiger partial charge on any atom is -0.418 e. The summed E-state index contributed by atoms with van der Waals surface area (Å²) in [6, 6.07) is 1.26. The summed E-state index contributed by atoms with van der Waals surface area (Å²) < 4.78 is 17.1. The van der Waals surface area contributed by atoms with Gasteiger partial charge in [0, 0.05) is 19.0 Å². The van der Waals surface area contributed by atoms with Crippen LogP contribution in [0.2, 0.25) is 19.1 Å². The van der Waals surface area contributed by atoms with Crippen molar-refractivity contribution in [2.75, 3.05) is 31.3 Å².